The smallest absolute Gasteiger partial charge is 0.340 e. The van der Waals surface area contributed by atoms with Crippen LogP contribution in [-0.2, 0) is 9.53 Å². The number of carbonyl (C=O) groups is 2. The van der Waals surface area contributed by atoms with Crippen molar-refractivity contribution in [2.45, 2.75) is 0 Å². The van der Waals surface area contributed by atoms with Gasteiger partial charge < -0.3 is 20.1 Å². The number of rotatable bonds is 7. The molecule has 3 aromatic rings. The lowest BCUT2D eigenvalue weighted by Gasteiger charge is -2.12. The molecule has 0 bridgehead atoms. The number of ether oxygens (including phenoxy) is 2. The molecule has 0 unspecified atom stereocenters. The highest BCUT2D eigenvalue weighted by Gasteiger charge is 2.14. The molecule has 2 N–H and O–H groups in total. The normalized spacial score (nSPS) is 10.0. The lowest BCUT2D eigenvalue weighted by atomic mass is 10.1. The Kier molecular flexibility index (Phi) is 6.25. The van der Waals surface area contributed by atoms with E-state index in [1.807, 2.05) is 36.4 Å². The van der Waals surface area contributed by atoms with Crippen molar-refractivity contribution in [2.24, 2.45) is 0 Å². The van der Waals surface area contributed by atoms with Crippen LogP contribution in [0.5, 0.6) is 5.75 Å². The summed E-state index contributed by atoms with van der Waals surface area (Å²) in [5.41, 5.74) is 2.39. The average Bonchev–Trinajstić information content (AvgIpc) is 2.74. The van der Waals surface area contributed by atoms with Crippen LogP contribution in [0.1, 0.15) is 10.4 Å². The fourth-order valence-electron chi connectivity index (χ4n) is 2.53. The van der Waals surface area contributed by atoms with Gasteiger partial charge in [0.1, 0.15) is 5.75 Å². The van der Waals surface area contributed by atoms with E-state index in [1.54, 1.807) is 49.6 Å². The van der Waals surface area contributed by atoms with Crippen LogP contribution in [0.2, 0.25) is 0 Å². The standard InChI is InChI=1S/C22H20N2O4/c1-27-18-13-11-17(12-14-18)24-21(25)15-28-22(26)19-9-5-6-10-20(19)23-16-7-3-2-4-8-16/h2-14,23H,15H2,1H3,(H,24,25). The monoisotopic (exact) mass is 376 g/mol. The molecule has 3 aromatic carbocycles. The minimum atomic E-state index is -0.580. The highest BCUT2D eigenvalue weighted by Crippen LogP contribution is 2.21. The van der Waals surface area contributed by atoms with Crippen LogP contribution in [0.15, 0.2) is 78.9 Å². The summed E-state index contributed by atoms with van der Waals surface area (Å²) in [6.07, 6.45) is 0. The van der Waals surface area contributed by atoms with Crippen LogP contribution < -0.4 is 15.4 Å². The van der Waals surface area contributed by atoms with Crippen LogP contribution in [0.3, 0.4) is 0 Å². The summed E-state index contributed by atoms with van der Waals surface area (Å²) < 4.78 is 10.2. The van der Waals surface area contributed by atoms with Crippen molar-refractivity contribution < 1.29 is 19.1 Å². The van der Waals surface area contributed by atoms with Gasteiger partial charge in [0, 0.05) is 11.4 Å². The molecular weight excluding hydrogens is 356 g/mol. The van der Waals surface area contributed by atoms with Crippen LogP contribution >= 0.6 is 0 Å². The summed E-state index contributed by atoms with van der Waals surface area (Å²) in [4.78, 5) is 24.5. The zero-order valence-corrected chi connectivity index (χ0v) is 15.3. The Morgan fingerprint density at radius 3 is 2.21 bits per heavy atom. The Balaban J connectivity index is 1.59. The molecule has 0 fully saturated rings. The summed E-state index contributed by atoms with van der Waals surface area (Å²) in [6.45, 7) is -0.384. The third kappa shape index (κ3) is 5.11. The maximum absolute atomic E-state index is 12.4. The van der Waals surface area contributed by atoms with Gasteiger partial charge in [-0.3, -0.25) is 4.79 Å². The molecular formula is C22H20N2O4. The highest BCUT2D eigenvalue weighted by molar-refractivity contribution is 5.99. The van der Waals surface area contributed by atoms with E-state index in [0.29, 0.717) is 22.7 Å². The van der Waals surface area contributed by atoms with Gasteiger partial charge in [-0.25, -0.2) is 4.79 Å². The van der Waals surface area contributed by atoms with E-state index in [0.717, 1.165) is 5.69 Å². The number of methoxy groups -OCH3 is 1. The van der Waals surface area contributed by atoms with Gasteiger partial charge in [0.15, 0.2) is 6.61 Å². The first-order valence-corrected chi connectivity index (χ1v) is 8.68. The zero-order chi connectivity index (χ0) is 19.8. The molecule has 0 aliphatic rings. The summed E-state index contributed by atoms with van der Waals surface area (Å²) >= 11 is 0. The van der Waals surface area contributed by atoms with Gasteiger partial charge in [0.25, 0.3) is 5.91 Å². The van der Waals surface area contributed by atoms with E-state index in [-0.39, 0.29) is 6.61 Å². The minimum absolute atomic E-state index is 0.351. The van der Waals surface area contributed by atoms with Gasteiger partial charge in [-0.1, -0.05) is 30.3 Å². The van der Waals surface area contributed by atoms with E-state index >= 15 is 0 Å². The third-order valence-corrected chi connectivity index (χ3v) is 3.91. The number of benzene rings is 3. The molecule has 0 atom stereocenters. The number of carbonyl (C=O) groups excluding carboxylic acids is 2. The van der Waals surface area contributed by atoms with Gasteiger partial charge >= 0.3 is 5.97 Å². The fourth-order valence-corrected chi connectivity index (χ4v) is 2.53. The molecule has 28 heavy (non-hydrogen) atoms. The van der Waals surface area contributed by atoms with Gasteiger partial charge in [0.05, 0.1) is 18.4 Å². The molecule has 0 heterocycles. The predicted octanol–water partition coefficient (Wildman–Crippen LogP) is 4.23. The molecule has 0 saturated carbocycles. The van der Waals surface area contributed by atoms with E-state index < -0.39 is 11.9 Å². The molecule has 0 spiro atoms. The number of nitrogens with one attached hydrogen (secondary N) is 2. The Bertz CT molecular complexity index is 940. The molecule has 0 radical (unpaired) electrons. The summed E-state index contributed by atoms with van der Waals surface area (Å²) in [5.74, 6) is -0.317. The molecule has 6 nitrogen and oxygen atoms in total. The molecule has 0 aliphatic carbocycles. The molecule has 6 heteroatoms. The first-order chi connectivity index (χ1) is 13.7. The number of amides is 1. The second kappa shape index (κ2) is 9.23. The van der Waals surface area contributed by atoms with Crippen LogP contribution in [0.25, 0.3) is 0 Å². The van der Waals surface area contributed by atoms with E-state index in [9.17, 15) is 9.59 Å². The van der Waals surface area contributed by atoms with Gasteiger partial charge in [0.2, 0.25) is 0 Å². The van der Waals surface area contributed by atoms with Crippen LogP contribution in [0.4, 0.5) is 17.1 Å². The maximum atomic E-state index is 12.4. The van der Waals surface area contributed by atoms with E-state index in [2.05, 4.69) is 10.6 Å². The fraction of sp³-hybridized carbons (Fsp3) is 0.0909. The second-order valence-electron chi connectivity index (χ2n) is 5.89. The lowest BCUT2D eigenvalue weighted by Crippen LogP contribution is -2.21. The quantitative estimate of drug-likeness (QED) is 0.604. The number of hydrogen-bond donors (Lipinski definition) is 2. The molecule has 0 aromatic heterocycles. The average molecular weight is 376 g/mol. The number of esters is 1. The van der Waals surface area contributed by atoms with E-state index in [4.69, 9.17) is 9.47 Å². The van der Waals surface area contributed by atoms with Crippen LogP contribution in [0, 0.1) is 0 Å². The molecule has 142 valence electrons. The number of para-hydroxylation sites is 2. The molecule has 0 aliphatic heterocycles. The van der Waals surface area contributed by atoms with Gasteiger partial charge in [-0.05, 0) is 48.5 Å². The number of anilines is 3. The number of hydrogen-bond acceptors (Lipinski definition) is 5. The van der Waals surface area contributed by atoms with Crippen molar-refractivity contribution in [3.05, 3.63) is 84.4 Å². The maximum Gasteiger partial charge on any atom is 0.340 e. The summed E-state index contributed by atoms with van der Waals surface area (Å²) in [5, 5.41) is 5.85. The highest BCUT2D eigenvalue weighted by atomic mass is 16.5. The Morgan fingerprint density at radius 2 is 1.50 bits per heavy atom. The molecule has 0 saturated heterocycles. The zero-order valence-electron chi connectivity index (χ0n) is 15.3. The van der Waals surface area contributed by atoms with Gasteiger partial charge in [-0.2, -0.15) is 0 Å². The summed E-state index contributed by atoms with van der Waals surface area (Å²) in [7, 11) is 1.57. The Labute approximate surface area is 163 Å². The first-order valence-electron chi connectivity index (χ1n) is 8.68. The van der Waals surface area contributed by atoms with E-state index in [1.165, 1.54) is 0 Å². The SMILES string of the molecule is COc1ccc(NC(=O)COC(=O)c2ccccc2Nc2ccccc2)cc1. The largest absolute Gasteiger partial charge is 0.497 e. The van der Waals surface area contributed by atoms with Crippen LogP contribution in [-0.4, -0.2) is 25.6 Å². The minimum Gasteiger partial charge on any atom is -0.497 e. The van der Waals surface area contributed by atoms with Crippen molar-refractivity contribution in [1.82, 2.24) is 0 Å². The topological polar surface area (TPSA) is 76.7 Å². The van der Waals surface area contributed by atoms with Crippen molar-refractivity contribution >= 4 is 28.9 Å². The second-order valence-corrected chi connectivity index (χ2v) is 5.89. The molecule has 1 amide bonds. The van der Waals surface area contributed by atoms with Crippen molar-refractivity contribution in [1.29, 1.82) is 0 Å². The van der Waals surface area contributed by atoms with Gasteiger partial charge in [-0.15, -0.1) is 0 Å². The Hall–Kier alpha value is -3.80. The van der Waals surface area contributed by atoms with Crippen molar-refractivity contribution in [3.63, 3.8) is 0 Å². The first kappa shape index (κ1) is 19.0. The summed E-state index contributed by atoms with van der Waals surface area (Å²) in [6, 6.07) is 23.3. The predicted molar refractivity (Wildman–Crippen MR) is 108 cm³/mol. The molecule has 3 rings (SSSR count). The Morgan fingerprint density at radius 1 is 0.821 bits per heavy atom. The third-order valence-electron chi connectivity index (χ3n) is 3.91. The van der Waals surface area contributed by atoms with Crippen molar-refractivity contribution in [3.8, 4) is 5.75 Å². The lowest BCUT2D eigenvalue weighted by molar-refractivity contribution is -0.119. The van der Waals surface area contributed by atoms with Crippen molar-refractivity contribution in [2.75, 3.05) is 24.4 Å².